The van der Waals surface area contributed by atoms with Crippen LogP contribution in [0.2, 0.25) is 0 Å². The van der Waals surface area contributed by atoms with Gasteiger partial charge in [0.15, 0.2) is 0 Å². The summed E-state index contributed by atoms with van der Waals surface area (Å²) in [6.07, 6.45) is 9.27. The zero-order chi connectivity index (χ0) is 11.7. The Kier molecular flexibility index (Phi) is 15.5. The molecule has 1 aliphatic carbocycles. The van der Waals surface area contributed by atoms with Crippen LogP contribution in [0.25, 0.3) is 0 Å². The van der Waals surface area contributed by atoms with E-state index in [1.807, 2.05) is 24.5 Å². The summed E-state index contributed by atoms with van der Waals surface area (Å²) in [6, 6.07) is 0. The van der Waals surface area contributed by atoms with Gasteiger partial charge in [0.1, 0.15) is 0 Å². The molecule has 0 saturated heterocycles. The maximum atomic E-state index is 5.53. The Labute approximate surface area is 117 Å². The van der Waals surface area contributed by atoms with Crippen LogP contribution in [0.3, 0.4) is 0 Å². The quantitative estimate of drug-likeness (QED) is 0.332. The fourth-order valence-corrected chi connectivity index (χ4v) is 3.09. The van der Waals surface area contributed by atoms with E-state index in [4.69, 9.17) is 19.4 Å². The minimum absolute atomic E-state index is 0. The molecule has 100 valence electrons. The maximum absolute atomic E-state index is 5.53. The van der Waals surface area contributed by atoms with E-state index in [9.17, 15) is 0 Å². The van der Waals surface area contributed by atoms with Crippen molar-refractivity contribution in [2.24, 2.45) is 0 Å². The van der Waals surface area contributed by atoms with Gasteiger partial charge in [-0.3, -0.25) is 0 Å². The van der Waals surface area contributed by atoms with Gasteiger partial charge in [-0.1, -0.05) is 19.3 Å². The monoisotopic (exact) mass is 371 g/mol. The van der Waals surface area contributed by atoms with E-state index in [2.05, 4.69) is 9.24 Å². The van der Waals surface area contributed by atoms with E-state index in [1.165, 1.54) is 37.7 Å². The number of hydrogen-bond donors (Lipinski definition) is 0. The molecule has 1 saturated carbocycles. The molecule has 16 heavy (non-hydrogen) atoms. The van der Waals surface area contributed by atoms with Crippen molar-refractivity contribution in [2.45, 2.75) is 51.6 Å². The van der Waals surface area contributed by atoms with Crippen LogP contribution in [-0.2, 0) is 13.5 Å². The van der Waals surface area contributed by atoms with Crippen molar-refractivity contribution in [3.63, 3.8) is 0 Å². The van der Waals surface area contributed by atoms with Crippen molar-refractivity contribution >= 4 is 33.2 Å². The summed E-state index contributed by atoms with van der Waals surface area (Å²) in [4.78, 5) is 0. The van der Waals surface area contributed by atoms with Crippen molar-refractivity contribution in [3.8, 4) is 0 Å². The topological polar surface area (TPSA) is 0 Å². The van der Waals surface area contributed by atoms with Crippen LogP contribution in [0, 0.1) is 7.43 Å². The molecule has 1 rings (SSSR count). The first-order valence-electron chi connectivity index (χ1n) is 5.24. The largest absolute Gasteiger partial charge is 0.358 e. The molecule has 0 spiro atoms. The van der Waals surface area contributed by atoms with Gasteiger partial charge < -0.3 is 7.43 Å². The molecule has 1 unspecified atom stereocenters. The summed E-state index contributed by atoms with van der Waals surface area (Å²) in [5.74, 6) is 0. The van der Waals surface area contributed by atoms with Crippen LogP contribution in [0.1, 0.15) is 46.0 Å². The fraction of sp³-hybridized carbons (Fsp3) is 0.667. The second kappa shape index (κ2) is 12.7. The van der Waals surface area contributed by atoms with Gasteiger partial charge in [0.25, 0.3) is 0 Å². The predicted octanol–water partition coefficient (Wildman–Crippen LogP) is 5.33. The third kappa shape index (κ3) is 15.2. The average molecular weight is 371 g/mol. The van der Waals surface area contributed by atoms with Gasteiger partial charge in [-0.2, -0.15) is 0 Å². The summed E-state index contributed by atoms with van der Waals surface area (Å²) in [5.41, 5.74) is 2.19. The summed E-state index contributed by atoms with van der Waals surface area (Å²) >= 11 is -1.52. The molecule has 0 bridgehead atoms. The smallest absolute Gasteiger partial charge is 0.0264 e. The van der Waals surface area contributed by atoms with Crippen LogP contribution in [0.5, 0.6) is 0 Å². The molecule has 0 heterocycles. The molecule has 0 radical (unpaired) electrons. The van der Waals surface area contributed by atoms with Crippen molar-refractivity contribution in [1.29, 1.82) is 0 Å². The fourth-order valence-electron chi connectivity index (χ4n) is 1.30. The minimum atomic E-state index is -1.52. The Bertz CT molecular complexity index is 197. The van der Waals surface area contributed by atoms with Gasteiger partial charge in [-0.25, -0.2) is 0 Å². The van der Waals surface area contributed by atoms with E-state index < -0.39 is 13.5 Å². The van der Waals surface area contributed by atoms with E-state index in [0.717, 1.165) is 5.66 Å². The standard InChI is InChI=1S/C6H13P.C5H8.CH3.2ClH.Ru/c7-6-4-2-1-3-5-6;1-4-5(2)3;;;;/h6H,1-5,7H2;1,4H,2-3H3;1H3;2*1H;/q;;-1;;;+2/p-2. The molecular weight excluding hydrogens is 347 g/mol. The van der Waals surface area contributed by atoms with Crippen molar-refractivity contribution in [2.75, 3.05) is 0 Å². The number of halogens is 2. The van der Waals surface area contributed by atoms with Crippen LogP contribution in [0.4, 0.5) is 0 Å². The van der Waals surface area contributed by atoms with Crippen molar-refractivity contribution in [1.82, 2.24) is 0 Å². The summed E-state index contributed by atoms with van der Waals surface area (Å²) in [6.45, 7) is 4.03. The first-order valence-corrected chi connectivity index (χ1v) is 11.4. The number of hydrogen-bond acceptors (Lipinski definition) is 0. The van der Waals surface area contributed by atoms with Gasteiger partial charge >= 0.3 is 63.0 Å². The first-order chi connectivity index (χ1) is 7.02. The van der Waals surface area contributed by atoms with Gasteiger partial charge in [0, 0.05) is 0 Å². The van der Waals surface area contributed by atoms with Crippen molar-refractivity contribution < 1.29 is 13.5 Å². The van der Waals surface area contributed by atoms with Gasteiger partial charge in [-0.05, 0) is 18.5 Å². The predicted molar refractivity (Wildman–Crippen MR) is 80.2 cm³/mol. The molecule has 1 aliphatic rings. The molecule has 1 atom stereocenters. The average Bonchev–Trinajstić information content (AvgIpc) is 2.17. The molecule has 1 fully saturated rings. The maximum Gasteiger partial charge on any atom is -0.0264 e. The number of rotatable bonds is 1. The minimum Gasteiger partial charge on any atom is -0.358 e. The molecule has 4 heteroatoms. The molecule has 0 nitrogen and oxygen atoms in total. The van der Waals surface area contributed by atoms with E-state index in [0.29, 0.717) is 0 Å². The van der Waals surface area contributed by atoms with Gasteiger partial charge in [-0.15, -0.1) is 9.24 Å². The molecule has 0 N–H and O–H groups in total. The van der Waals surface area contributed by atoms with E-state index >= 15 is 0 Å². The Morgan fingerprint density at radius 1 is 1.19 bits per heavy atom. The van der Waals surface area contributed by atoms with Gasteiger partial charge in [0.05, 0.1) is 0 Å². The van der Waals surface area contributed by atoms with Gasteiger partial charge in [0.2, 0.25) is 0 Å². The van der Waals surface area contributed by atoms with Crippen LogP contribution < -0.4 is 0 Å². The van der Waals surface area contributed by atoms with Crippen LogP contribution in [0.15, 0.2) is 11.6 Å². The SMILES string of the molecule is CC(C)=C[CH]=[Ru]([Cl])[Cl].PC1CCCCC1.[CH3-]. The molecule has 0 aromatic heterocycles. The zero-order valence-electron chi connectivity index (χ0n) is 10.5. The second-order valence-corrected chi connectivity index (χ2v) is 10.7. The first kappa shape index (κ1) is 19.6. The summed E-state index contributed by atoms with van der Waals surface area (Å²) in [7, 11) is 14.0. The summed E-state index contributed by atoms with van der Waals surface area (Å²) in [5, 5.41) is 0. The molecule has 0 aromatic rings. The van der Waals surface area contributed by atoms with Crippen LogP contribution >= 0.6 is 28.6 Å². The molecule has 0 aliphatic heterocycles. The zero-order valence-corrected chi connectivity index (χ0v) is 14.9. The van der Waals surface area contributed by atoms with E-state index in [-0.39, 0.29) is 7.43 Å². The molecule has 0 aromatic carbocycles. The Morgan fingerprint density at radius 2 is 1.69 bits per heavy atom. The normalized spacial score (nSPS) is 16.2. The number of allylic oxidation sites excluding steroid dienone is 2. The molecular formula is C12H24Cl2PRu-. The third-order valence-corrected chi connectivity index (χ3v) is 4.58. The van der Waals surface area contributed by atoms with Crippen LogP contribution in [-0.4, -0.2) is 10.3 Å². The Morgan fingerprint density at radius 3 is 1.88 bits per heavy atom. The third-order valence-electron chi connectivity index (χ3n) is 2.13. The van der Waals surface area contributed by atoms with Crippen molar-refractivity contribution in [3.05, 3.63) is 19.1 Å². The summed E-state index contributed by atoms with van der Waals surface area (Å²) < 4.78 is 1.88. The second-order valence-electron chi connectivity index (χ2n) is 3.96. The Balaban J connectivity index is 0. The molecule has 0 amide bonds. The Hall–Kier alpha value is 1.24. The van der Waals surface area contributed by atoms with E-state index in [1.54, 1.807) is 0 Å².